The van der Waals surface area contributed by atoms with Crippen molar-refractivity contribution in [2.24, 2.45) is 0 Å². The average Bonchev–Trinajstić information content (AvgIpc) is 3.32. The number of para-hydroxylation sites is 1. The highest BCUT2D eigenvalue weighted by Gasteiger charge is 2.41. The maximum atomic E-state index is 13.5. The molecule has 7 heteroatoms. The van der Waals surface area contributed by atoms with Crippen LogP contribution >= 0.6 is 11.3 Å². The zero-order chi connectivity index (χ0) is 22.7. The third-order valence-corrected chi connectivity index (χ3v) is 6.72. The van der Waals surface area contributed by atoms with Gasteiger partial charge >= 0.3 is 5.97 Å². The number of ether oxygens (including phenoxy) is 3. The summed E-state index contributed by atoms with van der Waals surface area (Å²) in [6.07, 6.45) is 1.04. The number of rotatable bonds is 7. The maximum absolute atomic E-state index is 13.5. The molecule has 168 valence electrons. The minimum atomic E-state index is -0.432. The first-order valence-corrected chi connectivity index (χ1v) is 11.5. The number of hydrogen-bond donors (Lipinski definition) is 1. The zero-order valence-electron chi connectivity index (χ0n) is 18.5. The fraction of sp³-hybridized carbons (Fsp3) is 0.360. The molecule has 1 aromatic carbocycles. The molecule has 0 bridgehead atoms. The smallest absolute Gasteiger partial charge is 0.336 e. The molecular formula is C25H27NO5S. The van der Waals surface area contributed by atoms with E-state index in [9.17, 15) is 9.59 Å². The number of Topliss-reactive ketones (excluding diaryl/α,β-unsaturated/α-hetero) is 1. The molecule has 0 saturated heterocycles. The van der Waals surface area contributed by atoms with Crippen molar-refractivity contribution >= 4 is 23.1 Å². The molecule has 2 aromatic rings. The van der Waals surface area contributed by atoms with Crippen LogP contribution in [-0.4, -0.2) is 39.2 Å². The molecule has 1 N–H and O–H groups in total. The van der Waals surface area contributed by atoms with Gasteiger partial charge < -0.3 is 19.5 Å². The second-order valence-corrected chi connectivity index (χ2v) is 8.72. The zero-order valence-corrected chi connectivity index (χ0v) is 19.3. The highest BCUT2D eigenvalue weighted by Crippen LogP contribution is 2.47. The number of esters is 1. The van der Waals surface area contributed by atoms with Gasteiger partial charge in [0.05, 0.1) is 19.3 Å². The normalized spacial score (nSPS) is 20.7. The van der Waals surface area contributed by atoms with Crippen LogP contribution in [0.4, 0.5) is 0 Å². The van der Waals surface area contributed by atoms with Gasteiger partial charge in [-0.15, -0.1) is 0 Å². The largest absolute Gasteiger partial charge is 0.496 e. The molecular weight excluding hydrogens is 426 g/mol. The van der Waals surface area contributed by atoms with E-state index in [1.807, 2.05) is 48.0 Å². The van der Waals surface area contributed by atoms with E-state index in [0.29, 0.717) is 30.6 Å². The Kier molecular flexibility index (Phi) is 6.77. The van der Waals surface area contributed by atoms with Gasteiger partial charge in [-0.25, -0.2) is 4.79 Å². The van der Waals surface area contributed by atoms with Crippen molar-refractivity contribution in [2.75, 3.05) is 27.4 Å². The van der Waals surface area contributed by atoms with Crippen molar-refractivity contribution < 1.29 is 23.8 Å². The van der Waals surface area contributed by atoms with Gasteiger partial charge in [-0.3, -0.25) is 4.79 Å². The summed E-state index contributed by atoms with van der Waals surface area (Å²) in [6, 6.07) is 9.81. The van der Waals surface area contributed by atoms with Gasteiger partial charge in [0.25, 0.3) is 0 Å². The van der Waals surface area contributed by atoms with Gasteiger partial charge in [-0.05, 0) is 47.4 Å². The predicted molar refractivity (Wildman–Crippen MR) is 123 cm³/mol. The molecule has 0 saturated carbocycles. The topological polar surface area (TPSA) is 73.9 Å². The quantitative estimate of drug-likeness (QED) is 0.498. The second-order valence-electron chi connectivity index (χ2n) is 7.94. The van der Waals surface area contributed by atoms with Crippen LogP contribution in [0, 0.1) is 0 Å². The third-order valence-electron chi connectivity index (χ3n) is 6.02. The summed E-state index contributed by atoms with van der Waals surface area (Å²) in [4.78, 5) is 26.5. The minimum Gasteiger partial charge on any atom is -0.496 e. The lowest BCUT2D eigenvalue weighted by atomic mass is 9.72. The number of carbonyl (C=O) groups excluding carboxylic acids is 2. The Bertz CT molecular complexity index is 1070. The van der Waals surface area contributed by atoms with Gasteiger partial charge in [-0.1, -0.05) is 18.2 Å². The Morgan fingerprint density at radius 1 is 1.16 bits per heavy atom. The van der Waals surface area contributed by atoms with Crippen LogP contribution in [0.3, 0.4) is 0 Å². The summed E-state index contributed by atoms with van der Waals surface area (Å²) < 4.78 is 16.0. The first-order valence-electron chi connectivity index (χ1n) is 10.6. The monoisotopic (exact) mass is 453 g/mol. The number of allylic oxidation sites excluding steroid dienone is 3. The van der Waals surface area contributed by atoms with Crippen LogP contribution in [0.25, 0.3) is 0 Å². The van der Waals surface area contributed by atoms with E-state index < -0.39 is 11.9 Å². The lowest BCUT2D eigenvalue weighted by Crippen LogP contribution is -2.36. The number of ketones is 1. The SMILES string of the molecule is COCCOC(=O)C1=C(C)NC2=C(C(=O)C[C@H](c3ccccc3OC)C2)[C@H]1c1ccsc1. The van der Waals surface area contributed by atoms with Crippen molar-refractivity contribution in [3.05, 3.63) is 74.8 Å². The van der Waals surface area contributed by atoms with Gasteiger partial charge in [0.2, 0.25) is 0 Å². The summed E-state index contributed by atoms with van der Waals surface area (Å²) in [7, 11) is 3.21. The van der Waals surface area contributed by atoms with E-state index in [2.05, 4.69) is 5.32 Å². The number of benzene rings is 1. The maximum Gasteiger partial charge on any atom is 0.336 e. The van der Waals surface area contributed by atoms with E-state index in [4.69, 9.17) is 14.2 Å². The van der Waals surface area contributed by atoms with E-state index in [1.165, 1.54) is 0 Å². The molecule has 0 amide bonds. The second kappa shape index (κ2) is 9.71. The first kappa shape index (κ1) is 22.3. The molecule has 0 radical (unpaired) electrons. The summed E-state index contributed by atoms with van der Waals surface area (Å²) in [5.41, 5.74) is 4.71. The fourth-order valence-corrected chi connectivity index (χ4v) is 5.29. The van der Waals surface area contributed by atoms with Crippen LogP contribution in [0.5, 0.6) is 5.75 Å². The van der Waals surface area contributed by atoms with Crippen LogP contribution in [0.1, 0.15) is 42.7 Å². The first-order chi connectivity index (χ1) is 15.5. The Morgan fingerprint density at radius 3 is 2.69 bits per heavy atom. The molecule has 2 atom stereocenters. The molecule has 1 aliphatic carbocycles. The highest BCUT2D eigenvalue weighted by atomic mass is 32.1. The number of hydrogen-bond acceptors (Lipinski definition) is 7. The summed E-state index contributed by atoms with van der Waals surface area (Å²) in [6.45, 7) is 2.35. The van der Waals surface area contributed by atoms with Crippen LogP contribution in [0.15, 0.2) is 63.6 Å². The van der Waals surface area contributed by atoms with Gasteiger partial charge in [-0.2, -0.15) is 11.3 Å². The van der Waals surface area contributed by atoms with E-state index in [0.717, 1.165) is 28.3 Å². The molecule has 0 spiro atoms. The van der Waals surface area contributed by atoms with Gasteiger partial charge in [0.15, 0.2) is 5.78 Å². The molecule has 32 heavy (non-hydrogen) atoms. The number of thiophene rings is 1. The van der Waals surface area contributed by atoms with Crippen molar-refractivity contribution in [3.8, 4) is 5.75 Å². The Labute approximate surface area is 191 Å². The summed E-state index contributed by atoms with van der Waals surface area (Å²) >= 11 is 1.55. The molecule has 4 rings (SSSR count). The number of dihydropyridines is 1. The lowest BCUT2D eigenvalue weighted by molar-refractivity contribution is -0.140. The number of methoxy groups -OCH3 is 2. The Balaban J connectivity index is 1.71. The standard InChI is InChI=1S/C25H27NO5S/c1-15-22(25(28)31-10-9-29-2)23(16-8-11-32-14-16)24-19(26-15)12-17(13-20(24)27)18-6-4-5-7-21(18)30-3/h4-8,11,14,17,23,26H,9-10,12-13H2,1-3H3/t17-,23+/m1/s1. The van der Waals surface area contributed by atoms with E-state index in [-0.39, 0.29) is 18.3 Å². The van der Waals surface area contributed by atoms with Crippen LogP contribution in [0.2, 0.25) is 0 Å². The average molecular weight is 454 g/mol. The number of carbonyl (C=O) groups is 2. The Hall–Kier alpha value is -2.90. The minimum absolute atomic E-state index is 0.0102. The molecule has 0 fully saturated rings. The lowest BCUT2D eigenvalue weighted by Gasteiger charge is -2.36. The van der Waals surface area contributed by atoms with Gasteiger partial charge in [0, 0.05) is 42.3 Å². The van der Waals surface area contributed by atoms with Crippen molar-refractivity contribution in [2.45, 2.75) is 31.6 Å². The van der Waals surface area contributed by atoms with Crippen molar-refractivity contribution in [3.63, 3.8) is 0 Å². The molecule has 1 aliphatic heterocycles. The third kappa shape index (κ3) is 4.23. The van der Waals surface area contributed by atoms with Crippen LogP contribution < -0.4 is 10.1 Å². The molecule has 1 aromatic heterocycles. The number of nitrogens with one attached hydrogen (secondary N) is 1. The van der Waals surface area contributed by atoms with Crippen molar-refractivity contribution in [1.29, 1.82) is 0 Å². The fourth-order valence-electron chi connectivity index (χ4n) is 4.60. The molecule has 2 heterocycles. The molecule has 0 unspecified atom stereocenters. The predicted octanol–water partition coefficient (Wildman–Crippen LogP) is 4.31. The summed E-state index contributed by atoms with van der Waals surface area (Å²) in [5.74, 6) is -0.0149. The van der Waals surface area contributed by atoms with Crippen LogP contribution in [-0.2, 0) is 19.1 Å². The van der Waals surface area contributed by atoms with Gasteiger partial charge in [0.1, 0.15) is 12.4 Å². The summed E-state index contributed by atoms with van der Waals surface area (Å²) in [5, 5.41) is 7.33. The van der Waals surface area contributed by atoms with Crippen molar-refractivity contribution in [1.82, 2.24) is 5.32 Å². The highest BCUT2D eigenvalue weighted by molar-refractivity contribution is 7.08. The Morgan fingerprint density at radius 2 is 1.97 bits per heavy atom. The molecule has 6 nitrogen and oxygen atoms in total. The molecule has 2 aliphatic rings. The van der Waals surface area contributed by atoms with E-state index >= 15 is 0 Å². The van der Waals surface area contributed by atoms with E-state index in [1.54, 1.807) is 25.6 Å².